The lowest BCUT2D eigenvalue weighted by molar-refractivity contribution is -0.123. The molecule has 0 aliphatic rings. The van der Waals surface area contributed by atoms with Gasteiger partial charge in [0.15, 0.2) is 6.61 Å². The monoisotopic (exact) mass is 440 g/mol. The van der Waals surface area contributed by atoms with Crippen molar-refractivity contribution in [3.8, 4) is 28.4 Å². The van der Waals surface area contributed by atoms with Crippen molar-refractivity contribution in [1.29, 1.82) is 0 Å². The molecular formula is C26H24N4O3. The molecule has 0 bridgehead atoms. The molecule has 0 radical (unpaired) electrons. The van der Waals surface area contributed by atoms with Crippen LogP contribution in [0.5, 0.6) is 11.5 Å². The quantitative estimate of drug-likeness (QED) is 0.326. The van der Waals surface area contributed by atoms with Crippen LogP contribution in [0.3, 0.4) is 0 Å². The van der Waals surface area contributed by atoms with Gasteiger partial charge in [-0.25, -0.2) is 10.1 Å². The molecule has 3 aromatic carbocycles. The summed E-state index contributed by atoms with van der Waals surface area (Å²) in [6.45, 7) is 1.84. The summed E-state index contributed by atoms with van der Waals surface area (Å²) < 4.78 is 12.5. The molecule has 166 valence electrons. The molecule has 7 heteroatoms. The van der Waals surface area contributed by atoms with Crippen LogP contribution in [0.4, 0.5) is 0 Å². The lowest BCUT2D eigenvalue weighted by atomic mass is 10.1. The second kappa shape index (κ2) is 10.3. The molecule has 1 heterocycles. The molecule has 1 amide bonds. The highest BCUT2D eigenvalue weighted by Crippen LogP contribution is 2.25. The van der Waals surface area contributed by atoms with E-state index < -0.39 is 0 Å². The Morgan fingerprint density at radius 3 is 2.55 bits per heavy atom. The molecule has 0 fully saturated rings. The van der Waals surface area contributed by atoms with Crippen LogP contribution in [-0.4, -0.2) is 35.6 Å². The molecule has 1 aromatic heterocycles. The predicted octanol–water partition coefficient (Wildman–Crippen LogP) is 4.39. The molecule has 0 unspecified atom stereocenters. The highest BCUT2D eigenvalue weighted by Gasteiger charge is 2.12. The molecule has 0 aliphatic carbocycles. The van der Waals surface area contributed by atoms with E-state index >= 15 is 0 Å². The molecule has 4 rings (SSSR count). The molecule has 4 aromatic rings. The van der Waals surface area contributed by atoms with E-state index in [4.69, 9.17) is 14.6 Å². The topological polar surface area (TPSA) is 77.7 Å². The lowest BCUT2D eigenvalue weighted by Gasteiger charge is -2.05. The van der Waals surface area contributed by atoms with E-state index in [0.717, 1.165) is 33.8 Å². The zero-order valence-electron chi connectivity index (χ0n) is 18.4. The minimum atomic E-state index is -0.353. The third-order valence-corrected chi connectivity index (χ3v) is 4.88. The van der Waals surface area contributed by atoms with Crippen LogP contribution in [0, 0.1) is 6.92 Å². The van der Waals surface area contributed by atoms with E-state index in [1.165, 1.54) is 0 Å². The van der Waals surface area contributed by atoms with Gasteiger partial charge in [-0.15, -0.1) is 0 Å². The molecule has 0 saturated heterocycles. The van der Waals surface area contributed by atoms with Crippen molar-refractivity contribution in [3.63, 3.8) is 0 Å². The van der Waals surface area contributed by atoms with Crippen LogP contribution < -0.4 is 14.9 Å². The van der Waals surface area contributed by atoms with E-state index in [2.05, 4.69) is 10.5 Å². The first-order chi connectivity index (χ1) is 16.1. The minimum absolute atomic E-state index is 0.130. The van der Waals surface area contributed by atoms with Gasteiger partial charge in [0.1, 0.15) is 17.2 Å². The summed E-state index contributed by atoms with van der Waals surface area (Å²) >= 11 is 0. The Morgan fingerprint density at radius 2 is 1.82 bits per heavy atom. The van der Waals surface area contributed by atoms with Crippen molar-refractivity contribution in [3.05, 3.63) is 96.2 Å². The van der Waals surface area contributed by atoms with Gasteiger partial charge in [0, 0.05) is 17.3 Å². The largest absolute Gasteiger partial charge is 0.497 e. The van der Waals surface area contributed by atoms with Crippen molar-refractivity contribution >= 4 is 12.1 Å². The maximum Gasteiger partial charge on any atom is 0.277 e. The van der Waals surface area contributed by atoms with Gasteiger partial charge >= 0.3 is 0 Å². The fourth-order valence-electron chi connectivity index (χ4n) is 3.23. The van der Waals surface area contributed by atoms with Crippen molar-refractivity contribution in [2.45, 2.75) is 6.92 Å². The van der Waals surface area contributed by atoms with Gasteiger partial charge in [-0.1, -0.05) is 30.3 Å². The molecule has 1 N–H and O–H groups in total. The number of carbonyl (C=O) groups excluding carboxylic acids is 1. The molecule has 33 heavy (non-hydrogen) atoms. The summed E-state index contributed by atoms with van der Waals surface area (Å²) in [5, 5.41) is 8.85. The summed E-state index contributed by atoms with van der Waals surface area (Å²) in [4.78, 5) is 12.2. The summed E-state index contributed by atoms with van der Waals surface area (Å²) in [5.74, 6) is 1.05. The Bertz CT molecular complexity index is 1250. The number of aromatic nitrogens is 2. The van der Waals surface area contributed by atoms with E-state index in [-0.39, 0.29) is 12.5 Å². The Hall–Kier alpha value is -4.39. The molecule has 0 saturated carbocycles. The number of hydrazone groups is 1. The van der Waals surface area contributed by atoms with E-state index in [1.807, 2.05) is 92.0 Å². The predicted molar refractivity (Wildman–Crippen MR) is 128 cm³/mol. The van der Waals surface area contributed by atoms with Gasteiger partial charge in [-0.05, 0) is 61.0 Å². The van der Waals surface area contributed by atoms with Gasteiger partial charge in [-0.2, -0.15) is 10.2 Å². The van der Waals surface area contributed by atoms with E-state index in [1.54, 1.807) is 18.0 Å². The van der Waals surface area contributed by atoms with Crippen LogP contribution in [-0.2, 0) is 4.79 Å². The molecule has 0 aliphatic heterocycles. The number of carbonyl (C=O) groups is 1. The van der Waals surface area contributed by atoms with Crippen LogP contribution in [0.2, 0.25) is 0 Å². The van der Waals surface area contributed by atoms with Crippen molar-refractivity contribution < 1.29 is 14.3 Å². The lowest BCUT2D eigenvalue weighted by Crippen LogP contribution is -2.24. The number of aryl methyl sites for hydroxylation is 1. The smallest absolute Gasteiger partial charge is 0.277 e. The van der Waals surface area contributed by atoms with Crippen LogP contribution in [0.15, 0.2) is 90.2 Å². The van der Waals surface area contributed by atoms with E-state index in [0.29, 0.717) is 5.75 Å². The fraction of sp³-hybridized carbons (Fsp3) is 0.115. The highest BCUT2D eigenvalue weighted by atomic mass is 16.5. The van der Waals surface area contributed by atoms with Gasteiger partial charge < -0.3 is 9.47 Å². The summed E-state index contributed by atoms with van der Waals surface area (Å²) in [6.07, 6.45) is 3.45. The fourth-order valence-corrected chi connectivity index (χ4v) is 3.23. The third-order valence-electron chi connectivity index (χ3n) is 4.88. The molecule has 7 nitrogen and oxygen atoms in total. The van der Waals surface area contributed by atoms with Gasteiger partial charge in [0.2, 0.25) is 0 Å². The Morgan fingerprint density at radius 1 is 1.03 bits per heavy atom. The third kappa shape index (κ3) is 5.65. The normalized spacial score (nSPS) is 10.8. The van der Waals surface area contributed by atoms with Crippen molar-refractivity contribution in [2.24, 2.45) is 5.10 Å². The van der Waals surface area contributed by atoms with Crippen molar-refractivity contribution in [1.82, 2.24) is 15.2 Å². The zero-order valence-corrected chi connectivity index (χ0v) is 18.4. The minimum Gasteiger partial charge on any atom is -0.497 e. The molecular weight excluding hydrogens is 416 g/mol. The maximum absolute atomic E-state index is 12.2. The highest BCUT2D eigenvalue weighted by molar-refractivity contribution is 5.89. The average molecular weight is 441 g/mol. The van der Waals surface area contributed by atoms with Gasteiger partial charge in [0.05, 0.1) is 19.0 Å². The maximum atomic E-state index is 12.2. The zero-order chi connectivity index (χ0) is 23.0. The Balaban J connectivity index is 1.50. The summed E-state index contributed by atoms with van der Waals surface area (Å²) in [5.41, 5.74) is 6.88. The van der Waals surface area contributed by atoms with Crippen LogP contribution in [0.25, 0.3) is 16.9 Å². The number of amides is 1. The first-order valence-corrected chi connectivity index (χ1v) is 10.4. The van der Waals surface area contributed by atoms with E-state index in [9.17, 15) is 4.79 Å². The number of benzene rings is 3. The summed E-state index contributed by atoms with van der Waals surface area (Å²) in [7, 11) is 1.63. The second-order valence-corrected chi connectivity index (χ2v) is 7.34. The number of rotatable bonds is 8. The average Bonchev–Trinajstić information content (AvgIpc) is 3.27. The first kappa shape index (κ1) is 21.8. The van der Waals surface area contributed by atoms with Gasteiger partial charge in [-0.3, -0.25) is 4.79 Å². The SMILES string of the molecule is COc1ccc(-c2nn(-c3ccccc3)cc2/C=N/NC(=O)COc2cccc(C)c2)cc1. The Labute approximate surface area is 192 Å². The van der Waals surface area contributed by atoms with Crippen LogP contribution >= 0.6 is 0 Å². The van der Waals surface area contributed by atoms with Crippen LogP contribution in [0.1, 0.15) is 11.1 Å². The van der Waals surface area contributed by atoms with Crippen molar-refractivity contribution in [2.75, 3.05) is 13.7 Å². The standard InChI is InChI=1S/C26H24N4O3/c1-19-7-6-10-24(15-19)33-18-25(31)28-27-16-21-17-30(22-8-4-3-5-9-22)29-26(21)20-11-13-23(32-2)14-12-20/h3-17H,18H2,1-2H3,(H,28,31)/b27-16+. The number of ether oxygens (including phenoxy) is 2. The number of nitrogens with one attached hydrogen (secondary N) is 1. The number of methoxy groups -OCH3 is 1. The number of para-hydroxylation sites is 1. The second-order valence-electron chi connectivity index (χ2n) is 7.34. The number of hydrogen-bond acceptors (Lipinski definition) is 5. The van der Waals surface area contributed by atoms with Gasteiger partial charge in [0.25, 0.3) is 5.91 Å². The summed E-state index contributed by atoms with van der Waals surface area (Å²) in [6, 6.07) is 24.9. The molecule has 0 atom stereocenters. The number of nitrogens with zero attached hydrogens (tertiary/aromatic N) is 3. The number of hydrogen-bond donors (Lipinski definition) is 1. The molecule has 0 spiro atoms. The Kier molecular flexibility index (Phi) is 6.80. The first-order valence-electron chi connectivity index (χ1n) is 10.4.